The molecule has 1 atom stereocenters. The van der Waals surface area contributed by atoms with Gasteiger partial charge in [-0.25, -0.2) is 9.97 Å². The maximum absolute atomic E-state index is 11.4. The van der Waals surface area contributed by atoms with Gasteiger partial charge in [0.25, 0.3) is 0 Å². The van der Waals surface area contributed by atoms with E-state index in [-0.39, 0.29) is 5.91 Å². The predicted molar refractivity (Wildman–Crippen MR) is 70.0 cm³/mol. The Labute approximate surface area is 106 Å². The molecule has 1 aromatic heterocycles. The van der Waals surface area contributed by atoms with Gasteiger partial charge in [-0.15, -0.1) is 0 Å². The monoisotopic (exact) mass is 249 g/mol. The molecule has 1 aliphatic heterocycles. The molecule has 6 nitrogen and oxygen atoms in total. The fourth-order valence-corrected chi connectivity index (χ4v) is 2.18. The SMILES string of the molecule is CCc1nc(N)cc(N2CCC(C)(C(N)=O)C2)n1. The number of nitrogen functional groups attached to an aromatic ring is 1. The van der Waals surface area contributed by atoms with E-state index in [1.807, 2.05) is 18.7 Å². The zero-order chi connectivity index (χ0) is 13.3. The van der Waals surface area contributed by atoms with E-state index >= 15 is 0 Å². The number of nitrogens with zero attached hydrogens (tertiary/aromatic N) is 3. The normalized spacial score (nSPS) is 23.3. The summed E-state index contributed by atoms with van der Waals surface area (Å²) in [5.41, 5.74) is 10.7. The van der Waals surface area contributed by atoms with Crippen LogP contribution >= 0.6 is 0 Å². The number of aryl methyl sites for hydroxylation is 1. The van der Waals surface area contributed by atoms with Gasteiger partial charge in [-0.1, -0.05) is 6.92 Å². The Hall–Kier alpha value is -1.85. The van der Waals surface area contributed by atoms with E-state index < -0.39 is 5.41 Å². The van der Waals surface area contributed by atoms with Crippen LogP contribution in [0.5, 0.6) is 0 Å². The number of hydrogen-bond donors (Lipinski definition) is 2. The van der Waals surface area contributed by atoms with Gasteiger partial charge >= 0.3 is 0 Å². The van der Waals surface area contributed by atoms with Crippen LogP contribution in [-0.4, -0.2) is 29.0 Å². The van der Waals surface area contributed by atoms with Crippen molar-refractivity contribution in [1.29, 1.82) is 0 Å². The highest BCUT2D eigenvalue weighted by atomic mass is 16.1. The molecule has 1 amide bonds. The molecule has 4 N–H and O–H groups in total. The first-order chi connectivity index (χ1) is 8.44. The van der Waals surface area contributed by atoms with Gasteiger partial charge in [0.2, 0.25) is 5.91 Å². The number of aromatic nitrogens is 2. The zero-order valence-corrected chi connectivity index (χ0v) is 10.8. The average Bonchev–Trinajstić information content (AvgIpc) is 2.72. The Morgan fingerprint density at radius 1 is 1.56 bits per heavy atom. The molecule has 98 valence electrons. The van der Waals surface area contributed by atoms with Crippen LogP contribution in [0.2, 0.25) is 0 Å². The lowest BCUT2D eigenvalue weighted by atomic mass is 9.89. The van der Waals surface area contributed by atoms with Gasteiger partial charge in [0, 0.05) is 25.6 Å². The van der Waals surface area contributed by atoms with Gasteiger partial charge < -0.3 is 16.4 Å². The van der Waals surface area contributed by atoms with Gasteiger partial charge in [-0.3, -0.25) is 4.79 Å². The van der Waals surface area contributed by atoms with Crippen molar-refractivity contribution in [3.05, 3.63) is 11.9 Å². The molecule has 18 heavy (non-hydrogen) atoms. The summed E-state index contributed by atoms with van der Waals surface area (Å²) in [5, 5.41) is 0. The number of hydrogen-bond acceptors (Lipinski definition) is 5. The maximum Gasteiger partial charge on any atom is 0.225 e. The smallest absolute Gasteiger partial charge is 0.225 e. The topological polar surface area (TPSA) is 98.1 Å². The largest absolute Gasteiger partial charge is 0.384 e. The van der Waals surface area contributed by atoms with Gasteiger partial charge in [-0.2, -0.15) is 0 Å². The fraction of sp³-hybridized carbons (Fsp3) is 0.583. The Kier molecular flexibility index (Phi) is 3.11. The fourth-order valence-electron chi connectivity index (χ4n) is 2.18. The third-order valence-corrected chi connectivity index (χ3v) is 3.49. The number of carbonyl (C=O) groups excluding carboxylic acids is 1. The van der Waals surface area contributed by atoms with Gasteiger partial charge in [0.05, 0.1) is 5.41 Å². The van der Waals surface area contributed by atoms with Gasteiger partial charge in [0.15, 0.2) is 0 Å². The number of primary amides is 1. The number of carbonyl (C=O) groups is 1. The number of rotatable bonds is 3. The van der Waals surface area contributed by atoms with Crippen LogP contribution in [0.3, 0.4) is 0 Å². The van der Waals surface area contributed by atoms with E-state index in [0.29, 0.717) is 12.4 Å². The van der Waals surface area contributed by atoms with Crippen LogP contribution in [-0.2, 0) is 11.2 Å². The van der Waals surface area contributed by atoms with E-state index in [4.69, 9.17) is 11.5 Å². The second-order valence-corrected chi connectivity index (χ2v) is 5.02. The summed E-state index contributed by atoms with van der Waals surface area (Å²) in [7, 11) is 0. The first kappa shape index (κ1) is 12.6. The highest BCUT2D eigenvalue weighted by molar-refractivity contribution is 5.82. The molecule has 1 unspecified atom stereocenters. The summed E-state index contributed by atoms with van der Waals surface area (Å²) in [6.07, 6.45) is 1.48. The van der Waals surface area contributed by atoms with Crippen LogP contribution in [0.1, 0.15) is 26.1 Å². The standard InChI is InChI=1S/C12H19N5O/c1-3-9-15-8(13)6-10(16-9)17-5-4-12(2,7-17)11(14)18/h6H,3-5,7H2,1-2H3,(H2,14,18)(H2,13,15,16). The maximum atomic E-state index is 11.4. The molecule has 0 aliphatic carbocycles. The second-order valence-electron chi connectivity index (χ2n) is 5.02. The molecule has 0 saturated carbocycles. The predicted octanol–water partition coefficient (Wildman–Crippen LogP) is 0.323. The van der Waals surface area contributed by atoms with Crippen LogP contribution in [0.25, 0.3) is 0 Å². The molecule has 1 aliphatic rings. The van der Waals surface area contributed by atoms with E-state index in [9.17, 15) is 4.79 Å². The van der Waals surface area contributed by atoms with E-state index in [2.05, 4.69) is 9.97 Å². The third kappa shape index (κ3) is 2.23. The summed E-state index contributed by atoms with van der Waals surface area (Å²) >= 11 is 0. The highest BCUT2D eigenvalue weighted by Crippen LogP contribution is 2.32. The van der Waals surface area contributed by atoms with E-state index in [1.165, 1.54) is 0 Å². The summed E-state index contributed by atoms with van der Waals surface area (Å²) < 4.78 is 0. The van der Waals surface area contributed by atoms with Crippen molar-refractivity contribution >= 4 is 17.5 Å². The van der Waals surface area contributed by atoms with Crippen molar-refractivity contribution in [2.75, 3.05) is 23.7 Å². The molecule has 1 fully saturated rings. The Balaban J connectivity index is 2.24. The van der Waals surface area contributed by atoms with E-state index in [0.717, 1.165) is 31.0 Å². The van der Waals surface area contributed by atoms with Gasteiger partial charge in [0.1, 0.15) is 17.5 Å². The minimum absolute atomic E-state index is 0.261. The van der Waals surface area contributed by atoms with Crippen molar-refractivity contribution in [2.45, 2.75) is 26.7 Å². The molecule has 0 radical (unpaired) electrons. The molecular weight excluding hydrogens is 230 g/mol. The lowest BCUT2D eigenvalue weighted by Crippen LogP contribution is -2.37. The molecule has 1 saturated heterocycles. The molecule has 2 heterocycles. The van der Waals surface area contributed by atoms with Crippen molar-refractivity contribution in [3.63, 3.8) is 0 Å². The lowest BCUT2D eigenvalue weighted by molar-refractivity contribution is -0.125. The summed E-state index contributed by atoms with van der Waals surface area (Å²) in [6.45, 7) is 5.22. The van der Waals surface area contributed by atoms with Crippen LogP contribution < -0.4 is 16.4 Å². The molecule has 2 rings (SSSR count). The first-order valence-electron chi connectivity index (χ1n) is 6.13. The summed E-state index contributed by atoms with van der Waals surface area (Å²) in [4.78, 5) is 22.1. The minimum Gasteiger partial charge on any atom is -0.384 e. The zero-order valence-electron chi connectivity index (χ0n) is 10.8. The second kappa shape index (κ2) is 4.44. The van der Waals surface area contributed by atoms with Crippen molar-refractivity contribution < 1.29 is 4.79 Å². The van der Waals surface area contributed by atoms with Crippen molar-refractivity contribution in [2.24, 2.45) is 11.1 Å². The quantitative estimate of drug-likeness (QED) is 0.804. The molecule has 0 aromatic carbocycles. The molecular formula is C12H19N5O. The van der Waals surface area contributed by atoms with E-state index in [1.54, 1.807) is 6.07 Å². The highest BCUT2D eigenvalue weighted by Gasteiger charge is 2.39. The molecule has 0 bridgehead atoms. The summed E-state index contributed by atoms with van der Waals surface area (Å²) in [5.74, 6) is 1.70. The van der Waals surface area contributed by atoms with Crippen LogP contribution in [0.4, 0.5) is 11.6 Å². The summed E-state index contributed by atoms with van der Waals surface area (Å²) in [6, 6.07) is 1.74. The Morgan fingerprint density at radius 3 is 2.83 bits per heavy atom. The Bertz CT molecular complexity index is 476. The molecule has 6 heteroatoms. The number of anilines is 2. The van der Waals surface area contributed by atoms with Crippen molar-refractivity contribution in [1.82, 2.24) is 9.97 Å². The van der Waals surface area contributed by atoms with Crippen LogP contribution in [0, 0.1) is 5.41 Å². The number of amides is 1. The molecule has 1 aromatic rings. The number of nitrogens with two attached hydrogens (primary N) is 2. The van der Waals surface area contributed by atoms with Crippen LogP contribution in [0.15, 0.2) is 6.07 Å². The average molecular weight is 249 g/mol. The van der Waals surface area contributed by atoms with Crippen molar-refractivity contribution in [3.8, 4) is 0 Å². The lowest BCUT2D eigenvalue weighted by Gasteiger charge is -2.22. The van der Waals surface area contributed by atoms with Gasteiger partial charge in [-0.05, 0) is 13.3 Å². The molecule has 0 spiro atoms. The first-order valence-corrected chi connectivity index (χ1v) is 6.13. The third-order valence-electron chi connectivity index (χ3n) is 3.49. The Morgan fingerprint density at radius 2 is 2.28 bits per heavy atom. The minimum atomic E-state index is -0.480.